The van der Waals surface area contributed by atoms with Gasteiger partial charge in [0.05, 0.1) is 15.9 Å². The molecule has 1 aliphatic heterocycles. The molecule has 19 heavy (non-hydrogen) atoms. The minimum atomic E-state index is 0.507. The van der Waals surface area contributed by atoms with Crippen LogP contribution >= 0.6 is 15.9 Å². The van der Waals surface area contributed by atoms with Gasteiger partial charge in [-0.05, 0) is 60.1 Å². The van der Waals surface area contributed by atoms with Gasteiger partial charge in [0.2, 0.25) is 0 Å². The Kier molecular flexibility index (Phi) is 4.72. The van der Waals surface area contributed by atoms with Crippen molar-refractivity contribution in [1.82, 2.24) is 14.7 Å². The van der Waals surface area contributed by atoms with Gasteiger partial charge < -0.3 is 0 Å². The van der Waals surface area contributed by atoms with Crippen LogP contribution in [-0.4, -0.2) is 27.8 Å². The SMILES string of the molecule is CCc1nn(C)c(CN2CCCC(C)(C)CC2)c1Br. The van der Waals surface area contributed by atoms with Crippen LogP contribution in [0.4, 0.5) is 0 Å². The Labute approximate surface area is 125 Å². The van der Waals surface area contributed by atoms with Crippen molar-refractivity contribution in [2.75, 3.05) is 13.1 Å². The highest BCUT2D eigenvalue weighted by molar-refractivity contribution is 9.10. The van der Waals surface area contributed by atoms with Crippen molar-refractivity contribution in [2.45, 2.75) is 53.0 Å². The molecule has 1 fully saturated rings. The van der Waals surface area contributed by atoms with Gasteiger partial charge in [-0.1, -0.05) is 20.8 Å². The molecule has 0 unspecified atom stereocenters. The lowest BCUT2D eigenvalue weighted by atomic mass is 9.85. The molecular formula is C15H26BrN3. The molecule has 0 atom stereocenters. The zero-order valence-electron chi connectivity index (χ0n) is 12.7. The number of hydrogen-bond acceptors (Lipinski definition) is 2. The Morgan fingerprint density at radius 1 is 1.26 bits per heavy atom. The first-order valence-electron chi connectivity index (χ1n) is 7.35. The van der Waals surface area contributed by atoms with E-state index in [1.165, 1.54) is 48.2 Å². The summed E-state index contributed by atoms with van der Waals surface area (Å²) in [6.45, 7) is 10.4. The second-order valence-electron chi connectivity index (χ2n) is 6.48. The third kappa shape index (κ3) is 3.60. The maximum atomic E-state index is 4.59. The van der Waals surface area contributed by atoms with E-state index in [-0.39, 0.29) is 0 Å². The Morgan fingerprint density at radius 2 is 2.00 bits per heavy atom. The molecule has 1 aromatic heterocycles. The van der Waals surface area contributed by atoms with Crippen LogP contribution in [0, 0.1) is 5.41 Å². The molecular weight excluding hydrogens is 302 g/mol. The lowest BCUT2D eigenvalue weighted by Crippen LogP contribution is -2.26. The van der Waals surface area contributed by atoms with Crippen LogP contribution in [0.15, 0.2) is 4.47 Å². The van der Waals surface area contributed by atoms with Gasteiger partial charge in [0.25, 0.3) is 0 Å². The third-order valence-corrected chi connectivity index (χ3v) is 5.22. The van der Waals surface area contributed by atoms with E-state index < -0.39 is 0 Å². The largest absolute Gasteiger partial charge is 0.297 e. The smallest absolute Gasteiger partial charge is 0.0767 e. The highest BCUT2D eigenvalue weighted by Gasteiger charge is 2.24. The van der Waals surface area contributed by atoms with E-state index in [1.54, 1.807) is 0 Å². The molecule has 0 amide bonds. The summed E-state index contributed by atoms with van der Waals surface area (Å²) in [5.41, 5.74) is 3.00. The molecule has 0 radical (unpaired) electrons. The Morgan fingerprint density at radius 3 is 2.63 bits per heavy atom. The van der Waals surface area contributed by atoms with E-state index in [0.717, 1.165) is 13.0 Å². The van der Waals surface area contributed by atoms with Crippen molar-refractivity contribution in [3.05, 3.63) is 15.9 Å². The Hall–Kier alpha value is -0.350. The minimum absolute atomic E-state index is 0.507. The summed E-state index contributed by atoms with van der Waals surface area (Å²) in [4.78, 5) is 2.58. The lowest BCUT2D eigenvalue weighted by Gasteiger charge is -2.23. The normalized spacial score (nSPS) is 20.5. The highest BCUT2D eigenvalue weighted by Crippen LogP contribution is 2.31. The summed E-state index contributed by atoms with van der Waals surface area (Å²) in [5, 5.41) is 4.59. The fourth-order valence-electron chi connectivity index (χ4n) is 2.84. The van der Waals surface area contributed by atoms with Crippen molar-refractivity contribution in [3.8, 4) is 0 Å². The molecule has 0 saturated carbocycles. The monoisotopic (exact) mass is 327 g/mol. The van der Waals surface area contributed by atoms with Crippen LogP contribution in [0.25, 0.3) is 0 Å². The number of rotatable bonds is 3. The van der Waals surface area contributed by atoms with Crippen LogP contribution in [-0.2, 0) is 20.0 Å². The van der Waals surface area contributed by atoms with E-state index in [9.17, 15) is 0 Å². The third-order valence-electron chi connectivity index (χ3n) is 4.31. The molecule has 1 saturated heterocycles. The summed E-state index contributed by atoms with van der Waals surface area (Å²) >= 11 is 3.72. The van der Waals surface area contributed by atoms with Crippen molar-refractivity contribution in [2.24, 2.45) is 12.5 Å². The number of hydrogen-bond donors (Lipinski definition) is 0. The first kappa shape index (κ1) is 15.0. The average molecular weight is 328 g/mol. The highest BCUT2D eigenvalue weighted by atomic mass is 79.9. The Bertz CT molecular complexity index is 437. The van der Waals surface area contributed by atoms with Gasteiger partial charge in [0.1, 0.15) is 0 Å². The van der Waals surface area contributed by atoms with Crippen LogP contribution in [0.3, 0.4) is 0 Å². The molecule has 0 aliphatic carbocycles. The molecule has 4 heteroatoms. The van der Waals surface area contributed by atoms with Gasteiger partial charge in [-0.15, -0.1) is 0 Å². The van der Waals surface area contributed by atoms with Crippen molar-refractivity contribution in [1.29, 1.82) is 0 Å². The first-order valence-corrected chi connectivity index (χ1v) is 8.15. The lowest BCUT2D eigenvalue weighted by molar-refractivity contribution is 0.250. The molecule has 0 bridgehead atoms. The molecule has 0 aromatic carbocycles. The van der Waals surface area contributed by atoms with E-state index in [4.69, 9.17) is 0 Å². The minimum Gasteiger partial charge on any atom is -0.297 e. The van der Waals surface area contributed by atoms with Gasteiger partial charge in [-0.2, -0.15) is 5.10 Å². The van der Waals surface area contributed by atoms with Gasteiger partial charge in [0.15, 0.2) is 0 Å². The average Bonchev–Trinajstić information content (AvgIpc) is 2.51. The molecule has 2 heterocycles. The quantitative estimate of drug-likeness (QED) is 0.842. The van der Waals surface area contributed by atoms with E-state index in [0.29, 0.717) is 5.41 Å². The summed E-state index contributed by atoms with van der Waals surface area (Å²) in [5.74, 6) is 0. The second kappa shape index (κ2) is 5.96. The number of nitrogens with zero attached hydrogens (tertiary/aromatic N) is 3. The topological polar surface area (TPSA) is 21.1 Å². The zero-order chi connectivity index (χ0) is 14.0. The van der Waals surface area contributed by atoms with Gasteiger partial charge in [-0.3, -0.25) is 9.58 Å². The maximum Gasteiger partial charge on any atom is 0.0767 e. The van der Waals surface area contributed by atoms with Gasteiger partial charge >= 0.3 is 0 Å². The van der Waals surface area contributed by atoms with Crippen LogP contribution in [0.1, 0.15) is 51.4 Å². The summed E-state index contributed by atoms with van der Waals surface area (Å²) in [6, 6.07) is 0. The summed E-state index contributed by atoms with van der Waals surface area (Å²) in [7, 11) is 2.06. The van der Waals surface area contributed by atoms with Crippen LogP contribution < -0.4 is 0 Å². The fraction of sp³-hybridized carbons (Fsp3) is 0.800. The van der Waals surface area contributed by atoms with Crippen molar-refractivity contribution >= 4 is 15.9 Å². The molecule has 0 N–H and O–H groups in total. The number of likely N-dealkylation sites (tertiary alicyclic amines) is 1. The van der Waals surface area contributed by atoms with Crippen molar-refractivity contribution < 1.29 is 0 Å². The Balaban J connectivity index is 2.07. The maximum absolute atomic E-state index is 4.59. The predicted molar refractivity (Wildman–Crippen MR) is 83.2 cm³/mol. The van der Waals surface area contributed by atoms with Gasteiger partial charge in [-0.25, -0.2) is 0 Å². The van der Waals surface area contributed by atoms with Crippen LogP contribution in [0.5, 0.6) is 0 Å². The molecule has 0 spiro atoms. The molecule has 108 valence electrons. The standard InChI is InChI=1S/C15H26BrN3/c1-5-12-14(16)13(18(4)17-12)11-19-9-6-7-15(2,3)8-10-19/h5-11H2,1-4H3. The fourth-order valence-corrected chi connectivity index (χ4v) is 3.58. The van der Waals surface area contributed by atoms with E-state index >= 15 is 0 Å². The number of aromatic nitrogens is 2. The summed E-state index contributed by atoms with van der Waals surface area (Å²) < 4.78 is 3.25. The predicted octanol–water partition coefficient (Wildman–Crippen LogP) is 3.76. The van der Waals surface area contributed by atoms with E-state index in [2.05, 4.69) is 53.7 Å². The molecule has 3 nitrogen and oxygen atoms in total. The van der Waals surface area contributed by atoms with E-state index in [1.807, 2.05) is 4.68 Å². The summed E-state index contributed by atoms with van der Waals surface area (Å²) in [6.07, 6.45) is 4.93. The molecule has 1 aliphatic rings. The molecule has 2 rings (SSSR count). The zero-order valence-corrected chi connectivity index (χ0v) is 14.3. The van der Waals surface area contributed by atoms with Crippen molar-refractivity contribution in [3.63, 3.8) is 0 Å². The van der Waals surface area contributed by atoms with Crippen LogP contribution in [0.2, 0.25) is 0 Å². The second-order valence-corrected chi connectivity index (χ2v) is 7.27. The molecule has 1 aromatic rings. The first-order chi connectivity index (χ1) is 8.93. The number of aryl methyl sites for hydroxylation is 2. The number of halogens is 1. The van der Waals surface area contributed by atoms with Gasteiger partial charge in [0, 0.05) is 13.6 Å².